The molecule has 0 unspecified atom stereocenters. The zero-order valence-corrected chi connectivity index (χ0v) is 9.23. The molecule has 0 atom stereocenters. The molecular weight excluding hydrogens is 178 g/mol. The highest BCUT2D eigenvalue weighted by Crippen LogP contribution is 2.19. The molecule has 0 spiro atoms. The van der Waals surface area contributed by atoms with Gasteiger partial charge in [0.1, 0.15) is 0 Å². The Hall–Kier alpha value is -0.760. The zero-order chi connectivity index (χ0) is 9.84. The van der Waals surface area contributed by atoms with E-state index in [0.717, 1.165) is 11.4 Å². The van der Waals surface area contributed by atoms with Gasteiger partial charge in [0.15, 0.2) is 0 Å². The van der Waals surface area contributed by atoms with Crippen molar-refractivity contribution in [1.82, 2.24) is 0 Å². The maximum Gasteiger partial charge on any atom is 0.0661 e. The molecule has 1 aromatic rings. The summed E-state index contributed by atoms with van der Waals surface area (Å²) in [5.74, 6) is 0.716. The minimum absolute atomic E-state index is 0.716. The molecule has 13 heavy (non-hydrogen) atoms. The van der Waals surface area contributed by atoms with Crippen molar-refractivity contribution in [3.8, 4) is 0 Å². The van der Waals surface area contributed by atoms with Crippen LogP contribution in [-0.4, -0.2) is 11.5 Å². The van der Waals surface area contributed by atoms with Gasteiger partial charge in [0.25, 0.3) is 0 Å². The first-order valence-corrected chi connectivity index (χ1v) is 4.99. The molecule has 0 N–H and O–H groups in total. The first-order valence-electron chi connectivity index (χ1n) is 4.36. The fourth-order valence-electron chi connectivity index (χ4n) is 1.08. The van der Waals surface area contributed by atoms with Gasteiger partial charge in [-0.3, -0.25) is 4.99 Å². The predicted molar refractivity (Wildman–Crippen MR) is 62.5 cm³/mol. The molecule has 70 valence electrons. The van der Waals surface area contributed by atoms with Gasteiger partial charge >= 0.3 is 0 Å². The number of hydrogen-bond donors (Lipinski definition) is 1. The van der Waals surface area contributed by atoms with E-state index in [1.807, 2.05) is 6.92 Å². The summed E-state index contributed by atoms with van der Waals surface area (Å²) in [6.45, 7) is 6.15. The first kappa shape index (κ1) is 10.3. The van der Waals surface area contributed by atoms with Gasteiger partial charge in [-0.25, -0.2) is 0 Å². The first-order chi connectivity index (χ1) is 6.13. The molecule has 0 aliphatic rings. The number of rotatable bonds is 2. The molecule has 1 rings (SSSR count). The Morgan fingerprint density at radius 1 is 1.38 bits per heavy atom. The normalized spacial score (nSPS) is 11.8. The lowest BCUT2D eigenvalue weighted by atomic mass is 10.1. The highest BCUT2D eigenvalue weighted by atomic mass is 32.1. The van der Waals surface area contributed by atoms with Crippen LogP contribution < -0.4 is 0 Å². The summed E-state index contributed by atoms with van der Waals surface area (Å²) in [6.07, 6.45) is 0. The van der Waals surface area contributed by atoms with Crippen molar-refractivity contribution < 1.29 is 0 Å². The fourth-order valence-corrected chi connectivity index (χ4v) is 1.15. The Kier molecular flexibility index (Phi) is 3.55. The largest absolute Gasteiger partial charge is 0.257 e. The highest BCUT2D eigenvalue weighted by molar-refractivity contribution is 7.81. The summed E-state index contributed by atoms with van der Waals surface area (Å²) in [6, 6.07) is 6.30. The van der Waals surface area contributed by atoms with Crippen LogP contribution in [0.25, 0.3) is 0 Å². The third-order valence-corrected chi connectivity index (χ3v) is 2.36. The smallest absolute Gasteiger partial charge is 0.0661 e. The number of hydrogen-bond acceptors (Lipinski definition) is 2. The third kappa shape index (κ3) is 2.88. The minimum Gasteiger partial charge on any atom is -0.257 e. The highest BCUT2D eigenvalue weighted by Gasteiger charge is 1.96. The zero-order valence-electron chi connectivity index (χ0n) is 8.33. The van der Waals surface area contributed by atoms with E-state index in [1.165, 1.54) is 11.1 Å². The molecule has 0 saturated carbocycles. The third-order valence-electron chi connectivity index (χ3n) is 1.90. The molecule has 0 bridgehead atoms. The summed E-state index contributed by atoms with van der Waals surface area (Å²) >= 11 is 4.18. The lowest BCUT2D eigenvalue weighted by Crippen LogP contribution is -1.91. The van der Waals surface area contributed by atoms with Gasteiger partial charge in [-0.15, -0.1) is 0 Å². The van der Waals surface area contributed by atoms with Gasteiger partial charge in [-0.1, -0.05) is 12.1 Å². The quantitative estimate of drug-likeness (QED) is 0.546. The van der Waals surface area contributed by atoms with E-state index < -0.39 is 0 Å². The lowest BCUT2D eigenvalue weighted by molar-refractivity contribution is 1.34. The van der Waals surface area contributed by atoms with Crippen molar-refractivity contribution in [2.75, 3.05) is 5.75 Å². The molecule has 0 aliphatic carbocycles. The van der Waals surface area contributed by atoms with Crippen molar-refractivity contribution in [1.29, 1.82) is 0 Å². The molecule has 0 aliphatic heterocycles. The standard InChI is InChI=1S/C11H15NS/c1-8-4-5-9(2)11(6-8)12-10(3)7-13/h4-6,13H,7H2,1-3H3/b12-10-. The average molecular weight is 193 g/mol. The van der Waals surface area contributed by atoms with E-state index in [0.29, 0.717) is 5.75 Å². The number of aliphatic imine (C=N–C) groups is 1. The van der Waals surface area contributed by atoms with E-state index in [-0.39, 0.29) is 0 Å². The Labute approximate surface area is 85.3 Å². The topological polar surface area (TPSA) is 12.4 Å². The van der Waals surface area contributed by atoms with Crippen molar-refractivity contribution in [2.45, 2.75) is 20.8 Å². The van der Waals surface area contributed by atoms with Crippen LogP contribution in [0, 0.1) is 13.8 Å². The molecule has 0 fully saturated rings. The summed E-state index contributed by atoms with van der Waals surface area (Å²) in [5, 5.41) is 0. The van der Waals surface area contributed by atoms with E-state index in [4.69, 9.17) is 0 Å². The monoisotopic (exact) mass is 193 g/mol. The van der Waals surface area contributed by atoms with Crippen LogP contribution in [-0.2, 0) is 0 Å². The van der Waals surface area contributed by atoms with E-state index >= 15 is 0 Å². The number of thiol groups is 1. The Bertz CT molecular complexity index is 329. The van der Waals surface area contributed by atoms with Crippen LogP contribution in [0.4, 0.5) is 5.69 Å². The molecule has 0 radical (unpaired) electrons. The second-order valence-corrected chi connectivity index (χ2v) is 3.61. The maximum absolute atomic E-state index is 4.48. The van der Waals surface area contributed by atoms with Gasteiger partial charge in [-0.05, 0) is 38.0 Å². The summed E-state index contributed by atoms with van der Waals surface area (Å²) < 4.78 is 0. The van der Waals surface area contributed by atoms with E-state index in [1.54, 1.807) is 0 Å². The van der Waals surface area contributed by atoms with Crippen LogP contribution in [0.5, 0.6) is 0 Å². The van der Waals surface area contributed by atoms with Gasteiger partial charge in [0, 0.05) is 11.5 Å². The molecule has 1 aromatic carbocycles. The molecule has 0 amide bonds. The Morgan fingerprint density at radius 2 is 2.08 bits per heavy atom. The van der Waals surface area contributed by atoms with Crippen LogP contribution in [0.1, 0.15) is 18.1 Å². The summed E-state index contributed by atoms with van der Waals surface area (Å²) in [4.78, 5) is 4.48. The van der Waals surface area contributed by atoms with Crippen LogP contribution in [0.3, 0.4) is 0 Å². The molecular formula is C11H15NS. The number of nitrogens with zero attached hydrogens (tertiary/aromatic N) is 1. The van der Waals surface area contributed by atoms with E-state index in [2.05, 4.69) is 49.7 Å². The minimum atomic E-state index is 0.716. The molecule has 0 saturated heterocycles. The molecule has 1 nitrogen and oxygen atoms in total. The van der Waals surface area contributed by atoms with Crippen molar-refractivity contribution in [2.24, 2.45) is 4.99 Å². The van der Waals surface area contributed by atoms with Crippen LogP contribution in [0.2, 0.25) is 0 Å². The fraction of sp³-hybridized carbons (Fsp3) is 0.364. The second kappa shape index (κ2) is 4.47. The summed E-state index contributed by atoms with van der Waals surface area (Å²) in [5.41, 5.74) is 4.58. The van der Waals surface area contributed by atoms with Crippen molar-refractivity contribution in [3.63, 3.8) is 0 Å². The molecule has 2 heteroatoms. The average Bonchev–Trinajstić information content (AvgIpc) is 2.11. The van der Waals surface area contributed by atoms with Gasteiger partial charge in [0.05, 0.1) is 5.69 Å². The predicted octanol–water partition coefficient (Wildman–Crippen LogP) is 3.33. The molecule has 0 aromatic heterocycles. The SMILES string of the molecule is C/C(CS)=N/c1cc(C)ccc1C. The molecule has 0 heterocycles. The maximum atomic E-state index is 4.48. The summed E-state index contributed by atoms with van der Waals surface area (Å²) in [7, 11) is 0. The number of aryl methyl sites for hydroxylation is 2. The Morgan fingerprint density at radius 3 is 2.69 bits per heavy atom. The van der Waals surface area contributed by atoms with Gasteiger partial charge in [0.2, 0.25) is 0 Å². The van der Waals surface area contributed by atoms with Gasteiger partial charge in [-0.2, -0.15) is 12.6 Å². The van der Waals surface area contributed by atoms with Crippen LogP contribution in [0.15, 0.2) is 23.2 Å². The van der Waals surface area contributed by atoms with E-state index in [9.17, 15) is 0 Å². The second-order valence-electron chi connectivity index (χ2n) is 3.30. The van der Waals surface area contributed by atoms with Crippen molar-refractivity contribution >= 4 is 24.0 Å². The van der Waals surface area contributed by atoms with Crippen molar-refractivity contribution in [3.05, 3.63) is 29.3 Å². The Balaban J connectivity index is 3.07. The number of benzene rings is 1. The lowest BCUT2D eigenvalue weighted by Gasteiger charge is -2.02. The van der Waals surface area contributed by atoms with Crippen LogP contribution >= 0.6 is 12.6 Å². The van der Waals surface area contributed by atoms with Gasteiger partial charge < -0.3 is 0 Å².